The van der Waals surface area contributed by atoms with Crippen LogP contribution < -0.4 is 0 Å². The number of likely N-dealkylation sites (N-methyl/N-ethyl adjacent to an activating group) is 1. The van der Waals surface area contributed by atoms with Crippen LogP contribution in [-0.4, -0.2) is 76.3 Å². The van der Waals surface area contributed by atoms with Gasteiger partial charge < -0.3 is 9.80 Å². The molecule has 0 N–H and O–H groups in total. The van der Waals surface area contributed by atoms with Gasteiger partial charge in [0.05, 0.1) is 5.69 Å². The van der Waals surface area contributed by atoms with Crippen molar-refractivity contribution in [3.05, 3.63) is 23.0 Å². The van der Waals surface area contributed by atoms with Gasteiger partial charge >= 0.3 is 0 Å². The number of hydrogen-bond acceptors (Lipinski definition) is 5. The van der Waals surface area contributed by atoms with Gasteiger partial charge in [-0.05, 0) is 45.9 Å². The van der Waals surface area contributed by atoms with Crippen molar-refractivity contribution in [1.29, 1.82) is 0 Å². The van der Waals surface area contributed by atoms with E-state index in [2.05, 4.69) is 26.2 Å². The summed E-state index contributed by atoms with van der Waals surface area (Å²) in [5.41, 5.74) is 1.73. The third-order valence-corrected chi connectivity index (χ3v) is 5.90. The van der Waals surface area contributed by atoms with E-state index in [1.165, 1.54) is 12.8 Å². The van der Waals surface area contributed by atoms with E-state index in [0.29, 0.717) is 5.69 Å². The summed E-state index contributed by atoms with van der Waals surface area (Å²) in [7, 11) is 2.12. The van der Waals surface area contributed by atoms with Crippen molar-refractivity contribution in [2.45, 2.75) is 25.8 Å². The molecule has 0 bridgehead atoms. The van der Waals surface area contributed by atoms with Gasteiger partial charge in [-0.3, -0.25) is 14.1 Å². The van der Waals surface area contributed by atoms with Gasteiger partial charge in [-0.15, -0.1) is 11.3 Å². The molecule has 0 radical (unpaired) electrons. The SMILES string of the molecule is CN1CCCN(C(=O)c2nc3sccn3c2CN2CCCC2)CC1. The molecule has 0 atom stereocenters. The van der Waals surface area contributed by atoms with Crippen molar-refractivity contribution in [1.82, 2.24) is 24.1 Å². The number of hydrogen-bond donors (Lipinski definition) is 0. The number of carbonyl (C=O) groups excluding carboxylic acids is 1. The topological polar surface area (TPSA) is 44.1 Å². The number of carbonyl (C=O) groups is 1. The Morgan fingerprint density at radius 2 is 1.96 bits per heavy atom. The number of nitrogens with zero attached hydrogens (tertiary/aromatic N) is 5. The molecule has 2 aliphatic heterocycles. The van der Waals surface area contributed by atoms with E-state index in [9.17, 15) is 4.79 Å². The van der Waals surface area contributed by atoms with Gasteiger partial charge in [0.25, 0.3) is 5.91 Å². The van der Waals surface area contributed by atoms with Crippen molar-refractivity contribution in [3.8, 4) is 0 Å². The van der Waals surface area contributed by atoms with Crippen molar-refractivity contribution >= 4 is 22.2 Å². The molecular weight excluding hydrogens is 322 g/mol. The Morgan fingerprint density at radius 1 is 1.12 bits per heavy atom. The Balaban J connectivity index is 1.62. The molecule has 4 heterocycles. The molecule has 2 aromatic heterocycles. The Bertz CT molecular complexity index is 718. The summed E-state index contributed by atoms with van der Waals surface area (Å²) in [5, 5.41) is 2.05. The molecule has 2 aliphatic rings. The molecule has 4 rings (SSSR count). The average Bonchev–Trinajstić information content (AvgIpc) is 3.26. The van der Waals surface area contributed by atoms with E-state index in [-0.39, 0.29) is 5.91 Å². The Morgan fingerprint density at radius 3 is 2.79 bits per heavy atom. The number of aromatic nitrogens is 2. The summed E-state index contributed by atoms with van der Waals surface area (Å²) in [6.45, 7) is 6.70. The van der Waals surface area contributed by atoms with E-state index in [0.717, 1.165) is 62.9 Å². The number of fused-ring (bicyclic) bond motifs is 1. The summed E-state index contributed by atoms with van der Waals surface area (Å²) < 4.78 is 2.11. The smallest absolute Gasteiger partial charge is 0.274 e. The van der Waals surface area contributed by atoms with E-state index in [4.69, 9.17) is 0 Å². The molecule has 7 heteroatoms. The highest BCUT2D eigenvalue weighted by Crippen LogP contribution is 2.22. The molecular formula is C17H25N5OS. The minimum Gasteiger partial charge on any atom is -0.336 e. The van der Waals surface area contributed by atoms with Crippen LogP contribution in [-0.2, 0) is 6.54 Å². The fourth-order valence-electron chi connectivity index (χ4n) is 3.71. The lowest BCUT2D eigenvalue weighted by atomic mass is 10.2. The zero-order valence-electron chi connectivity index (χ0n) is 14.3. The standard InChI is InChI=1S/C17H25N5OS/c1-19-5-4-8-21(10-9-19)16(23)15-14(13-20-6-2-3-7-20)22-11-12-24-17(22)18-15/h11-12H,2-10,13H2,1H3. The Kier molecular flexibility index (Phi) is 4.56. The molecule has 0 saturated carbocycles. The van der Waals surface area contributed by atoms with E-state index in [1.807, 2.05) is 16.5 Å². The summed E-state index contributed by atoms with van der Waals surface area (Å²) >= 11 is 1.60. The third-order valence-electron chi connectivity index (χ3n) is 5.14. The van der Waals surface area contributed by atoms with Gasteiger partial charge in [-0.25, -0.2) is 4.98 Å². The Hall–Kier alpha value is -1.44. The van der Waals surface area contributed by atoms with Crippen LogP contribution in [0, 0.1) is 0 Å². The van der Waals surface area contributed by atoms with Crippen LogP contribution in [0.15, 0.2) is 11.6 Å². The zero-order valence-corrected chi connectivity index (χ0v) is 15.1. The van der Waals surface area contributed by atoms with Gasteiger partial charge in [0.15, 0.2) is 10.7 Å². The van der Waals surface area contributed by atoms with Gasteiger partial charge in [-0.1, -0.05) is 0 Å². The Labute approximate surface area is 146 Å². The van der Waals surface area contributed by atoms with Crippen LogP contribution >= 0.6 is 11.3 Å². The molecule has 130 valence electrons. The molecule has 0 aromatic carbocycles. The van der Waals surface area contributed by atoms with Crippen LogP contribution in [0.1, 0.15) is 35.4 Å². The molecule has 24 heavy (non-hydrogen) atoms. The van der Waals surface area contributed by atoms with Crippen LogP contribution in [0.2, 0.25) is 0 Å². The van der Waals surface area contributed by atoms with Crippen molar-refractivity contribution in [3.63, 3.8) is 0 Å². The van der Waals surface area contributed by atoms with E-state index >= 15 is 0 Å². The minimum absolute atomic E-state index is 0.107. The molecule has 0 aliphatic carbocycles. The molecule has 6 nitrogen and oxygen atoms in total. The summed E-state index contributed by atoms with van der Waals surface area (Å²) in [6, 6.07) is 0. The predicted octanol–water partition coefficient (Wildman–Crippen LogP) is 1.77. The number of imidazole rings is 1. The van der Waals surface area contributed by atoms with Crippen LogP contribution in [0.5, 0.6) is 0 Å². The summed E-state index contributed by atoms with van der Waals surface area (Å²) in [4.78, 5) is 25.5. The second kappa shape index (κ2) is 6.82. The highest BCUT2D eigenvalue weighted by atomic mass is 32.1. The van der Waals surface area contributed by atoms with E-state index < -0.39 is 0 Å². The lowest BCUT2D eigenvalue weighted by Crippen LogP contribution is -2.35. The molecule has 1 amide bonds. The lowest BCUT2D eigenvalue weighted by molar-refractivity contribution is 0.0755. The van der Waals surface area contributed by atoms with Crippen LogP contribution in [0.25, 0.3) is 4.96 Å². The fourth-order valence-corrected chi connectivity index (χ4v) is 4.44. The van der Waals surface area contributed by atoms with Crippen LogP contribution in [0.3, 0.4) is 0 Å². The minimum atomic E-state index is 0.107. The molecule has 0 spiro atoms. The first-order valence-electron chi connectivity index (χ1n) is 8.87. The predicted molar refractivity (Wildman–Crippen MR) is 95.6 cm³/mol. The first-order valence-corrected chi connectivity index (χ1v) is 9.75. The lowest BCUT2D eigenvalue weighted by Gasteiger charge is -2.21. The molecule has 2 aromatic rings. The quantitative estimate of drug-likeness (QED) is 0.849. The van der Waals surface area contributed by atoms with Crippen molar-refractivity contribution in [2.75, 3.05) is 46.3 Å². The second-order valence-corrected chi connectivity index (χ2v) is 7.77. The first-order chi connectivity index (χ1) is 11.7. The number of rotatable bonds is 3. The van der Waals surface area contributed by atoms with E-state index in [1.54, 1.807) is 11.3 Å². The van der Waals surface area contributed by atoms with Crippen molar-refractivity contribution in [2.24, 2.45) is 0 Å². The highest BCUT2D eigenvalue weighted by molar-refractivity contribution is 7.15. The van der Waals surface area contributed by atoms with Gasteiger partial charge in [0.1, 0.15) is 0 Å². The number of thiazole rings is 1. The number of amides is 1. The summed E-state index contributed by atoms with van der Waals surface area (Å²) in [6.07, 6.45) is 5.60. The maximum atomic E-state index is 13.1. The number of likely N-dealkylation sites (tertiary alicyclic amines) is 1. The zero-order chi connectivity index (χ0) is 16.5. The summed E-state index contributed by atoms with van der Waals surface area (Å²) in [5.74, 6) is 0.107. The fraction of sp³-hybridized carbons (Fsp3) is 0.647. The maximum Gasteiger partial charge on any atom is 0.274 e. The van der Waals surface area contributed by atoms with Gasteiger partial charge in [0.2, 0.25) is 0 Å². The second-order valence-electron chi connectivity index (χ2n) is 6.89. The van der Waals surface area contributed by atoms with Gasteiger partial charge in [-0.2, -0.15) is 0 Å². The maximum absolute atomic E-state index is 13.1. The van der Waals surface area contributed by atoms with Crippen LogP contribution in [0.4, 0.5) is 0 Å². The molecule has 2 fully saturated rings. The normalized spacial score (nSPS) is 20.8. The molecule has 0 unspecified atom stereocenters. The first kappa shape index (κ1) is 16.1. The average molecular weight is 347 g/mol. The van der Waals surface area contributed by atoms with Crippen molar-refractivity contribution < 1.29 is 4.79 Å². The third kappa shape index (κ3) is 3.08. The largest absolute Gasteiger partial charge is 0.336 e. The van der Waals surface area contributed by atoms with Gasteiger partial charge in [0, 0.05) is 37.8 Å². The highest BCUT2D eigenvalue weighted by Gasteiger charge is 2.27. The molecule has 2 saturated heterocycles. The monoisotopic (exact) mass is 347 g/mol.